The molecule has 2 aromatic carbocycles. The smallest absolute Gasteiger partial charge is 0.346 e. The fourth-order valence-electron chi connectivity index (χ4n) is 3.58. The van der Waals surface area contributed by atoms with Gasteiger partial charge in [0.2, 0.25) is 4.33 Å². The molecule has 1 atom stereocenters. The summed E-state index contributed by atoms with van der Waals surface area (Å²) in [5.74, 6) is -0.485. The second-order valence-corrected chi connectivity index (χ2v) is 9.72. The van der Waals surface area contributed by atoms with Crippen molar-refractivity contribution >= 4 is 51.7 Å². The van der Waals surface area contributed by atoms with Gasteiger partial charge in [-0.1, -0.05) is 48.2 Å². The summed E-state index contributed by atoms with van der Waals surface area (Å²) in [6, 6.07) is 17.7. The summed E-state index contributed by atoms with van der Waals surface area (Å²) >= 11 is 2.72. The number of hydrogen-bond acceptors (Lipinski definition) is 8. The zero-order chi connectivity index (χ0) is 22.2. The van der Waals surface area contributed by atoms with Crippen LogP contribution >= 0.6 is 23.5 Å². The van der Waals surface area contributed by atoms with E-state index in [1.807, 2.05) is 73.5 Å². The van der Waals surface area contributed by atoms with Crippen molar-refractivity contribution < 1.29 is 14.3 Å². The van der Waals surface area contributed by atoms with E-state index in [2.05, 4.69) is 4.90 Å². The van der Waals surface area contributed by atoms with Crippen LogP contribution in [0.25, 0.3) is 0 Å². The summed E-state index contributed by atoms with van der Waals surface area (Å²) in [6.45, 7) is 7.51. The lowest BCUT2D eigenvalue weighted by Crippen LogP contribution is -2.49. The van der Waals surface area contributed by atoms with Crippen molar-refractivity contribution in [3.8, 4) is 0 Å². The number of Topliss-reactive ketones (excluding diaryl/α,β-unsaturated/α-hetero) is 1. The predicted molar refractivity (Wildman–Crippen MR) is 128 cm³/mol. The number of nitrogens with zero attached hydrogens (tertiary/aromatic N) is 3. The van der Waals surface area contributed by atoms with E-state index < -0.39 is 4.33 Å². The zero-order valence-electron chi connectivity index (χ0n) is 17.8. The van der Waals surface area contributed by atoms with Gasteiger partial charge in [0, 0.05) is 18.3 Å². The molecule has 0 saturated heterocycles. The molecule has 2 aliphatic heterocycles. The Morgan fingerprint density at radius 2 is 1.71 bits per heavy atom. The largest absolute Gasteiger partial charge is 0.462 e. The molecule has 4 rings (SSSR count). The van der Waals surface area contributed by atoms with Crippen molar-refractivity contribution in [1.82, 2.24) is 0 Å². The van der Waals surface area contributed by atoms with Gasteiger partial charge in [-0.25, -0.2) is 9.80 Å². The van der Waals surface area contributed by atoms with Crippen LogP contribution in [-0.4, -0.2) is 27.7 Å². The van der Waals surface area contributed by atoms with Gasteiger partial charge in [-0.3, -0.25) is 4.79 Å². The van der Waals surface area contributed by atoms with Crippen LogP contribution in [0.5, 0.6) is 0 Å². The van der Waals surface area contributed by atoms with E-state index in [-0.39, 0.29) is 11.8 Å². The van der Waals surface area contributed by atoms with Crippen molar-refractivity contribution in [1.29, 1.82) is 0 Å². The first kappa shape index (κ1) is 21.5. The lowest BCUT2D eigenvalue weighted by atomic mass is 10.2. The van der Waals surface area contributed by atoms with Crippen LogP contribution in [0.3, 0.4) is 0 Å². The molecule has 6 nitrogen and oxygen atoms in total. The van der Waals surface area contributed by atoms with Crippen molar-refractivity contribution in [2.45, 2.75) is 32.0 Å². The van der Waals surface area contributed by atoms with Gasteiger partial charge < -0.3 is 9.64 Å². The maximum absolute atomic E-state index is 12.8. The summed E-state index contributed by atoms with van der Waals surface area (Å²) in [4.78, 5) is 27.8. The Balaban J connectivity index is 1.92. The lowest BCUT2D eigenvalue weighted by molar-refractivity contribution is -0.137. The number of carbonyl (C=O) groups excluding carboxylic acids is 2. The Kier molecular flexibility index (Phi) is 5.85. The first-order chi connectivity index (χ1) is 14.9. The van der Waals surface area contributed by atoms with E-state index in [4.69, 9.17) is 9.84 Å². The summed E-state index contributed by atoms with van der Waals surface area (Å²) < 4.78 is 4.44. The van der Waals surface area contributed by atoms with Crippen LogP contribution in [0.4, 0.5) is 11.4 Å². The Bertz CT molecular complexity index is 1100. The van der Waals surface area contributed by atoms with Crippen LogP contribution in [-0.2, 0) is 14.3 Å². The van der Waals surface area contributed by atoms with Gasteiger partial charge in [0.1, 0.15) is 4.91 Å². The normalized spacial score (nSPS) is 20.5. The molecule has 0 amide bonds. The van der Waals surface area contributed by atoms with Gasteiger partial charge in [0.15, 0.2) is 10.8 Å². The van der Waals surface area contributed by atoms with E-state index in [0.29, 0.717) is 16.6 Å². The highest BCUT2D eigenvalue weighted by Crippen LogP contribution is 2.60. The third-order valence-electron chi connectivity index (χ3n) is 4.99. The van der Waals surface area contributed by atoms with E-state index in [1.54, 1.807) is 6.92 Å². The monoisotopic (exact) mass is 453 g/mol. The minimum atomic E-state index is -0.902. The summed E-state index contributed by atoms with van der Waals surface area (Å²) in [5.41, 5.74) is 3.56. The van der Waals surface area contributed by atoms with Gasteiger partial charge in [0.25, 0.3) is 0 Å². The molecule has 1 spiro atoms. The number of aryl methyl sites for hydroxylation is 1. The van der Waals surface area contributed by atoms with Crippen molar-refractivity contribution in [2.75, 3.05) is 16.5 Å². The molecule has 2 aliphatic rings. The maximum atomic E-state index is 12.8. The van der Waals surface area contributed by atoms with Crippen molar-refractivity contribution in [2.24, 2.45) is 5.10 Å². The number of rotatable bonds is 5. The Morgan fingerprint density at radius 1 is 1.03 bits per heavy atom. The molecule has 31 heavy (non-hydrogen) atoms. The van der Waals surface area contributed by atoms with Crippen LogP contribution in [0, 0.1) is 6.92 Å². The predicted octanol–water partition coefficient (Wildman–Crippen LogP) is 5.11. The molecular formula is C23H23N3O3S2. The maximum Gasteiger partial charge on any atom is 0.346 e. The van der Waals surface area contributed by atoms with Gasteiger partial charge in [0.05, 0.1) is 12.3 Å². The second-order valence-electron chi connectivity index (χ2n) is 7.12. The molecule has 2 aromatic rings. The molecule has 0 N–H and O–H groups in total. The minimum Gasteiger partial charge on any atom is -0.462 e. The second kappa shape index (κ2) is 8.43. The molecule has 0 aromatic heterocycles. The standard InChI is InChI=1S/C23H23N3O3S2/c1-5-29-22(28)20-16(3)25(18-12-7-6-8-13-18)23(30-20)26(24-21(31-23)17(4)27)19-14-10-9-11-15(19)2/h6-14H,5H2,1-4H3/t23-/m0/s1. The van der Waals surface area contributed by atoms with Gasteiger partial charge >= 0.3 is 5.97 Å². The summed E-state index contributed by atoms with van der Waals surface area (Å²) in [7, 11) is 0. The highest BCUT2D eigenvalue weighted by Gasteiger charge is 2.58. The topological polar surface area (TPSA) is 62.2 Å². The minimum absolute atomic E-state index is 0.115. The van der Waals surface area contributed by atoms with Crippen LogP contribution in [0.15, 0.2) is 70.3 Å². The number of ketones is 1. The number of benzene rings is 2. The number of para-hydroxylation sites is 2. The number of thioether (sulfide) groups is 2. The Labute approximate surface area is 190 Å². The fraction of sp³-hybridized carbons (Fsp3) is 0.261. The number of esters is 1. The third-order valence-corrected chi connectivity index (χ3v) is 7.96. The van der Waals surface area contributed by atoms with Gasteiger partial charge in [-0.05, 0) is 56.3 Å². The van der Waals surface area contributed by atoms with Crippen LogP contribution in [0.2, 0.25) is 0 Å². The van der Waals surface area contributed by atoms with Gasteiger partial charge in [-0.2, -0.15) is 5.10 Å². The van der Waals surface area contributed by atoms with Crippen LogP contribution in [0.1, 0.15) is 26.3 Å². The highest BCUT2D eigenvalue weighted by molar-refractivity contribution is 8.29. The first-order valence-electron chi connectivity index (χ1n) is 9.95. The zero-order valence-corrected chi connectivity index (χ0v) is 19.4. The molecule has 0 fully saturated rings. The molecule has 0 bridgehead atoms. The average Bonchev–Trinajstić information content (AvgIpc) is 3.27. The molecule has 0 radical (unpaired) electrons. The quantitative estimate of drug-likeness (QED) is 0.583. The number of allylic oxidation sites excluding steroid dienone is 1. The fourth-order valence-corrected chi connectivity index (χ4v) is 6.52. The van der Waals surface area contributed by atoms with Crippen molar-refractivity contribution in [3.05, 3.63) is 70.8 Å². The molecular weight excluding hydrogens is 430 g/mol. The van der Waals surface area contributed by atoms with E-state index >= 15 is 0 Å². The molecule has 0 aliphatic carbocycles. The lowest BCUT2D eigenvalue weighted by Gasteiger charge is -2.41. The van der Waals surface area contributed by atoms with E-state index in [0.717, 1.165) is 22.6 Å². The first-order valence-corrected chi connectivity index (χ1v) is 11.6. The number of hydrogen-bond donors (Lipinski definition) is 0. The number of hydrazone groups is 1. The average molecular weight is 454 g/mol. The Hall–Kier alpha value is -2.71. The summed E-state index contributed by atoms with van der Waals surface area (Å²) in [6.07, 6.45) is 0. The molecule has 2 heterocycles. The Morgan fingerprint density at radius 3 is 2.35 bits per heavy atom. The van der Waals surface area contributed by atoms with Crippen molar-refractivity contribution in [3.63, 3.8) is 0 Å². The van der Waals surface area contributed by atoms with Gasteiger partial charge in [-0.15, -0.1) is 0 Å². The number of carbonyl (C=O) groups is 2. The van der Waals surface area contributed by atoms with E-state index in [9.17, 15) is 9.59 Å². The molecule has 0 saturated carbocycles. The highest BCUT2D eigenvalue weighted by atomic mass is 32.2. The SMILES string of the molecule is CCOC(=O)C1=C(C)N(c2ccccc2)[C@@]2(SC(C(C)=O)=NN2c2ccccc2C)S1. The molecule has 8 heteroatoms. The number of ether oxygens (including phenoxy) is 1. The third kappa shape index (κ3) is 3.64. The van der Waals surface area contributed by atoms with E-state index in [1.165, 1.54) is 30.4 Å². The van der Waals surface area contributed by atoms with Crippen LogP contribution < -0.4 is 9.91 Å². The molecule has 0 unspecified atom stereocenters. The molecule has 160 valence electrons. The summed E-state index contributed by atoms with van der Waals surface area (Å²) in [5, 5.41) is 6.98. The number of anilines is 2.